The van der Waals surface area contributed by atoms with Gasteiger partial charge < -0.3 is 4.52 Å². The first-order valence-electron chi connectivity index (χ1n) is 9.36. The molecule has 0 spiro atoms. The van der Waals surface area contributed by atoms with Gasteiger partial charge in [-0.3, -0.25) is 4.90 Å². The maximum atomic E-state index is 5.82. The second-order valence-corrected chi connectivity index (χ2v) is 8.62. The van der Waals surface area contributed by atoms with E-state index in [0.29, 0.717) is 18.0 Å². The van der Waals surface area contributed by atoms with Gasteiger partial charge in [0.15, 0.2) is 0 Å². The first-order valence-corrected chi connectivity index (χ1v) is 10.2. The summed E-state index contributed by atoms with van der Waals surface area (Å²) in [5.41, 5.74) is 2.71. The van der Waals surface area contributed by atoms with E-state index < -0.39 is 0 Å². The molecule has 4 nitrogen and oxygen atoms in total. The minimum Gasteiger partial charge on any atom is -0.339 e. The predicted octanol–water partition coefficient (Wildman–Crippen LogP) is 4.84. The van der Waals surface area contributed by atoms with Gasteiger partial charge in [-0.1, -0.05) is 41.1 Å². The Labute approximate surface area is 157 Å². The van der Waals surface area contributed by atoms with Gasteiger partial charge in [-0.2, -0.15) is 4.98 Å². The van der Waals surface area contributed by atoms with Gasteiger partial charge in [-0.05, 0) is 56.2 Å². The third-order valence-electron chi connectivity index (χ3n) is 6.24. The van der Waals surface area contributed by atoms with Crippen molar-refractivity contribution < 1.29 is 4.52 Å². The highest BCUT2D eigenvalue weighted by Crippen LogP contribution is 2.50. The standard InChI is InChI=1S/C21H23N3OS/c1-13-5-7-14(8-6-13)16-12-15-9-10-17(24(15)2)19(16)21-22-20(23-25-21)18-4-3-11-26-18/h3-8,11,15-17,19H,9-10,12H2,1-2H3/t15-,16+,17+,19+/m0/s1. The zero-order valence-electron chi connectivity index (χ0n) is 15.1. The van der Waals surface area contributed by atoms with E-state index in [0.717, 1.165) is 23.0 Å². The largest absolute Gasteiger partial charge is 0.339 e. The van der Waals surface area contributed by atoms with Gasteiger partial charge >= 0.3 is 0 Å². The molecule has 2 aliphatic heterocycles. The average molecular weight is 366 g/mol. The summed E-state index contributed by atoms with van der Waals surface area (Å²) >= 11 is 1.65. The van der Waals surface area contributed by atoms with E-state index in [1.54, 1.807) is 11.3 Å². The number of thiophene rings is 1. The summed E-state index contributed by atoms with van der Waals surface area (Å²) in [7, 11) is 2.26. The van der Waals surface area contributed by atoms with Crippen molar-refractivity contribution in [2.75, 3.05) is 7.05 Å². The number of likely N-dealkylation sites (N-methyl/N-ethyl adjacent to an activating group) is 1. The van der Waals surface area contributed by atoms with Crippen molar-refractivity contribution in [1.29, 1.82) is 0 Å². The van der Waals surface area contributed by atoms with Gasteiger partial charge in [0.1, 0.15) is 0 Å². The lowest BCUT2D eigenvalue weighted by atomic mass is 9.76. The van der Waals surface area contributed by atoms with Gasteiger partial charge in [-0.15, -0.1) is 11.3 Å². The van der Waals surface area contributed by atoms with Gasteiger partial charge in [0.2, 0.25) is 11.7 Å². The molecule has 134 valence electrons. The fourth-order valence-corrected chi connectivity index (χ4v) is 5.49. The molecular weight excluding hydrogens is 342 g/mol. The number of rotatable bonds is 3. The van der Waals surface area contributed by atoms with Crippen LogP contribution < -0.4 is 0 Å². The van der Waals surface area contributed by atoms with Crippen molar-refractivity contribution in [3.05, 3.63) is 58.8 Å². The Bertz CT molecular complexity index is 886. The molecule has 26 heavy (non-hydrogen) atoms. The molecule has 2 fully saturated rings. The summed E-state index contributed by atoms with van der Waals surface area (Å²) in [6.45, 7) is 2.14. The number of aryl methyl sites for hydroxylation is 1. The zero-order valence-corrected chi connectivity index (χ0v) is 15.9. The first-order chi connectivity index (χ1) is 12.7. The lowest BCUT2D eigenvalue weighted by molar-refractivity contribution is 0.120. The first kappa shape index (κ1) is 16.2. The molecule has 1 aromatic carbocycles. The SMILES string of the molecule is Cc1ccc([C@H]2C[C@@H]3CC[C@H]([C@@H]2c2nc(-c4cccs4)no2)N3C)cc1. The van der Waals surface area contributed by atoms with Gasteiger partial charge in [0, 0.05) is 12.1 Å². The van der Waals surface area contributed by atoms with Crippen LogP contribution in [0.1, 0.15) is 48.1 Å². The molecule has 2 aliphatic rings. The summed E-state index contributed by atoms with van der Waals surface area (Å²) in [6.07, 6.45) is 3.65. The monoisotopic (exact) mass is 365 g/mol. The molecule has 0 radical (unpaired) electrons. The van der Waals surface area contributed by atoms with E-state index in [4.69, 9.17) is 9.51 Å². The Balaban J connectivity index is 1.55. The molecule has 0 aliphatic carbocycles. The summed E-state index contributed by atoms with van der Waals surface area (Å²) in [6, 6.07) is 14.2. The van der Waals surface area contributed by atoms with Crippen molar-refractivity contribution in [3.63, 3.8) is 0 Å². The number of hydrogen-bond donors (Lipinski definition) is 0. The maximum absolute atomic E-state index is 5.82. The third-order valence-corrected chi connectivity index (χ3v) is 7.11. The van der Waals surface area contributed by atoms with E-state index in [9.17, 15) is 0 Å². The van der Waals surface area contributed by atoms with Crippen molar-refractivity contribution in [2.24, 2.45) is 0 Å². The fraction of sp³-hybridized carbons (Fsp3) is 0.429. The smallest absolute Gasteiger partial charge is 0.232 e. The average Bonchev–Trinajstić information content (AvgIpc) is 3.37. The molecule has 5 heteroatoms. The molecule has 5 rings (SSSR count). The van der Waals surface area contributed by atoms with E-state index in [-0.39, 0.29) is 5.92 Å². The fourth-order valence-electron chi connectivity index (χ4n) is 4.84. The van der Waals surface area contributed by atoms with Crippen molar-refractivity contribution in [1.82, 2.24) is 15.0 Å². The van der Waals surface area contributed by atoms with E-state index in [1.807, 2.05) is 6.07 Å². The Morgan fingerprint density at radius 3 is 2.77 bits per heavy atom. The number of fused-ring (bicyclic) bond motifs is 2. The van der Waals surface area contributed by atoms with Crippen LogP contribution in [0, 0.1) is 6.92 Å². The van der Waals surface area contributed by atoms with Gasteiger partial charge in [0.25, 0.3) is 0 Å². The molecule has 2 saturated heterocycles. The summed E-state index contributed by atoms with van der Waals surface area (Å²) in [5.74, 6) is 2.24. The quantitative estimate of drug-likeness (QED) is 0.666. The predicted molar refractivity (Wildman–Crippen MR) is 103 cm³/mol. The maximum Gasteiger partial charge on any atom is 0.232 e. The molecule has 0 saturated carbocycles. The Hall–Kier alpha value is -1.98. The van der Waals surface area contributed by atoms with Crippen molar-refractivity contribution in [3.8, 4) is 10.7 Å². The number of hydrogen-bond acceptors (Lipinski definition) is 5. The number of nitrogens with zero attached hydrogens (tertiary/aromatic N) is 3. The minimum absolute atomic E-state index is 0.266. The van der Waals surface area contributed by atoms with Gasteiger partial charge in [0.05, 0.1) is 10.8 Å². The number of benzene rings is 1. The Morgan fingerprint density at radius 2 is 2.00 bits per heavy atom. The highest BCUT2D eigenvalue weighted by molar-refractivity contribution is 7.13. The van der Waals surface area contributed by atoms with Crippen molar-refractivity contribution in [2.45, 2.75) is 50.1 Å². The molecule has 0 N–H and O–H groups in total. The second-order valence-electron chi connectivity index (χ2n) is 7.68. The molecule has 2 aromatic heterocycles. The van der Waals surface area contributed by atoms with Gasteiger partial charge in [-0.25, -0.2) is 0 Å². The lowest BCUT2D eigenvalue weighted by Gasteiger charge is -2.41. The molecule has 0 unspecified atom stereocenters. The molecule has 4 heterocycles. The van der Waals surface area contributed by atoms with E-state index >= 15 is 0 Å². The summed E-state index contributed by atoms with van der Waals surface area (Å²) in [4.78, 5) is 8.44. The molecular formula is C21H23N3OS. The highest BCUT2D eigenvalue weighted by Gasteiger charge is 2.48. The van der Waals surface area contributed by atoms with Crippen LogP contribution in [0.25, 0.3) is 10.7 Å². The second kappa shape index (κ2) is 6.32. The van der Waals surface area contributed by atoms with E-state index in [2.05, 4.69) is 59.7 Å². The Morgan fingerprint density at radius 1 is 1.15 bits per heavy atom. The number of aromatic nitrogens is 2. The number of piperidine rings is 1. The van der Waals surface area contributed by atoms with Crippen LogP contribution in [0.4, 0.5) is 0 Å². The third kappa shape index (κ3) is 2.61. The summed E-state index contributed by atoms with van der Waals surface area (Å²) in [5, 5.41) is 6.34. The van der Waals surface area contributed by atoms with Crippen LogP contribution in [0.3, 0.4) is 0 Å². The topological polar surface area (TPSA) is 42.2 Å². The Kier molecular flexibility index (Phi) is 3.94. The van der Waals surface area contributed by atoms with Crippen LogP contribution in [0.2, 0.25) is 0 Å². The molecule has 2 bridgehead atoms. The molecule has 4 atom stereocenters. The van der Waals surface area contributed by atoms with Crippen LogP contribution in [0.15, 0.2) is 46.3 Å². The van der Waals surface area contributed by atoms with Crippen LogP contribution in [0.5, 0.6) is 0 Å². The van der Waals surface area contributed by atoms with Crippen molar-refractivity contribution >= 4 is 11.3 Å². The zero-order chi connectivity index (χ0) is 17.7. The lowest BCUT2D eigenvalue weighted by Crippen LogP contribution is -2.44. The van der Waals surface area contributed by atoms with E-state index in [1.165, 1.54) is 24.0 Å². The van der Waals surface area contributed by atoms with Crippen LogP contribution in [-0.4, -0.2) is 34.2 Å². The highest BCUT2D eigenvalue weighted by atomic mass is 32.1. The van der Waals surface area contributed by atoms with Crippen LogP contribution >= 0.6 is 11.3 Å². The molecule has 0 amide bonds. The minimum atomic E-state index is 0.266. The van der Waals surface area contributed by atoms with Crippen LogP contribution in [-0.2, 0) is 0 Å². The molecule has 3 aromatic rings. The summed E-state index contributed by atoms with van der Waals surface area (Å²) < 4.78 is 5.82. The normalized spacial score (nSPS) is 28.5.